The Morgan fingerprint density at radius 2 is 1.90 bits per heavy atom. The molecule has 0 atom stereocenters. The molecule has 2 aliphatic rings. The second-order valence-electron chi connectivity index (χ2n) is 5.84. The highest BCUT2D eigenvalue weighted by Gasteiger charge is 2.40. The van der Waals surface area contributed by atoms with E-state index in [0.29, 0.717) is 24.5 Å². The van der Waals surface area contributed by atoms with Crippen LogP contribution in [-0.2, 0) is 9.47 Å². The summed E-state index contributed by atoms with van der Waals surface area (Å²) in [5.74, 6) is -0.453. The quantitative estimate of drug-likeness (QED) is 0.894. The SMILES string of the molecule is Cc1cc(C(=O)NC2CCC3(CC2)OCCO3)c(C)nn1. The molecule has 2 fully saturated rings. The average molecular weight is 291 g/mol. The number of rotatable bonds is 2. The zero-order valence-corrected chi connectivity index (χ0v) is 12.5. The number of nitrogens with zero attached hydrogens (tertiary/aromatic N) is 2. The number of aromatic nitrogens is 2. The van der Waals surface area contributed by atoms with E-state index < -0.39 is 0 Å². The van der Waals surface area contributed by atoms with Crippen LogP contribution < -0.4 is 5.32 Å². The van der Waals surface area contributed by atoms with Crippen LogP contribution in [0.4, 0.5) is 0 Å². The summed E-state index contributed by atoms with van der Waals surface area (Å²) in [4.78, 5) is 12.4. The molecule has 1 saturated carbocycles. The first-order chi connectivity index (χ1) is 10.1. The number of hydrogen-bond acceptors (Lipinski definition) is 5. The van der Waals surface area contributed by atoms with Gasteiger partial charge in [-0.3, -0.25) is 4.79 Å². The molecule has 1 aromatic rings. The summed E-state index contributed by atoms with van der Waals surface area (Å²) in [7, 11) is 0. The van der Waals surface area contributed by atoms with Crippen molar-refractivity contribution < 1.29 is 14.3 Å². The largest absolute Gasteiger partial charge is 0.349 e. The highest BCUT2D eigenvalue weighted by molar-refractivity contribution is 5.95. The van der Waals surface area contributed by atoms with Crippen LogP contribution in [0.25, 0.3) is 0 Å². The zero-order chi connectivity index (χ0) is 14.9. The van der Waals surface area contributed by atoms with Gasteiger partial charge in [0.05, 0.1) is 30.2 Å². The van der Waals surface area contributed by atoms with Crippen LogP contribution in [0, 0.1) is 13.8 Å². The van der Waals surface area contributed by atoms with Gasteiger partial charge in [-0.05, 0) is 32.8 Å². The van der Waals surface area contributed by atoms with Gasteiger partial charge < -0.3 is 14.8 Å². The van der Waals surface area contributed by atoms with Crippen molar-refractivity contribution >= 4 is 5.91 Å². The second-order valence-corrected chi connectivity index (χ2v) is 5.84. The Morgan fingerprint density at radius 3 is 2.57 bits per heavy atom. The number of ether oxygens (including phenoxy) is 2. The van der Waals surface area contributed by atoms with E-state index in [1.807, 2.05) is 6.92 Å². The van der Waals surface area contributed by atoms with Crippen molar-refractivity contribution in [2.45, 2.75) is 51.4 Å². The normalized spacial score (nSPS) is 21.6. The molecule has 0 unspecified atom stereocenters. The second kappa shape index (κ2) is 5.69. The fourth-order valence-corrected chi connectivity index (χ4v) is 3.03. The Balaban J connectivity index is 1.60. The molecule has 114 valence electrons. The summed E-state index contributed by atoms with van der Waals surface area (Å²) in [5.41, 5.74) is 2.02. The number of carbonyl (C=O) groups is 1. The Hall–Kier alpha value is -1.53. The number of nitrogens with one attached hydrogen (secondary N) is 1. The molecule has 21 heavy (non-hydrogen) atoms. The van der Waals surface area contributed by atoms with Crippen LogP contribution in [0.15, 0.2) is 6.07 Å². The van der Waals surface area contributed by atoms with Gasteiger partial charge in [-0.2, -0.15) is 10.2 Å². The first kappa shape index (κ1) is 14.4. The van der Waals surface area contributed by atoms with Gasteiger partial charge in [0, 0.05) is 18.9 Å². The fourth-order valence-electron chi connectivity index (χ4n) is 3.03. The van der Waals surface area contributed by atoms with Gasteiger partial charge in [0.1, 0.15) is 0 Å². The smallest absolute Gasteiger partial charge is 0.253 e. The summed E-state index contributed by atoms with van der Waals surface area (Å²) in [6.45, 7) is 5.00. The lowest BCUT2D eigenvalue weighted by atomic mass is 9.90. The van der Waals surface area contributed by atoms with Crippen molar-refractivity contribution in [2.24, 2.45) is 0 Å². The van der Waals surface area contributed by atoms with E-state index in [0.717, 1.165) is 31.4 Å². The van der Waals surface area contributed by atoms with E-state index >= 15 is 0 Å². The minimum absolute atomic E-state index is 0.0697. The van der Waals surface area contributed by atoms with E-state index in [1.54, 1.807) is 13.0 Å². The predicted molar refractivity (Wildman–Crippen MR) is 75.9 cm³/mol. The highest BCUT2D eigenvalue weighted by Crippen LogP contribution is 2.35. The molecular formula is C15H21N3O3. The summed E-state index contributed by atoms with van der Waals surface area (Å²) >= 11 is 0. The summed E-state index contributed by atoms with van der Waals surface area (Å²) in [5, 5.41) is 11.0. The van der Waals surface area contributed by atoms with Crippen molar-refractivity contribution in [3.63, 3.8) is 0 Å². The van der Waals surface area contributed by atoms with E-state index in [9.17, 15) is 4.79 Å². The summed E-state index contributed by atoms with van der Waals surface area (Å²) in [6, 6.07) is 1.95. The first-order valence-electron chi connectivity index (χ1n) is 7.48. The third-order valence-electron chi connectivity index (χ3n) is 4.24. The topological polar surface area (TPSA) is 73.3 Å². The lowest BCUT2D eigenvalue weighted by Gasteiger charge is -2.35. The maximum atomic E-state index is 12.4. The van der Waals surface area contributed by atoms with Crippen molar-refractivity contribution in [1.82, 2.24) is 15.5 Å². The third kappa shape index (κ3) is 3.06. The maximum Gasteiger partial charge on any atom is 0.253 e. The van der Waals surface area contributed by atoms with Crippen molar-refractivity contribution in [3.8, 4) is 0 Å². The molecule has 0 aromatic carbocycles. The lowest BCUT2D eigenvalue weighted by Crippen LogP contribution is -2.44. The van der Waals surface area contributed by atoms with Crippen molar-refractivity contribution in [2.75, 3.05) is 13.2 Å². The molecule has 1 aliphatic carbocycles. The predicted octanol–water partition coefficient (Wildman–Crippen LogP) is 1.51. The Morgan fingerprint density at radius 1 is 1.24 bits per heavy atom. The van der Waals surface area contributed by atoms with Crippen molar-refractivity contribution in [1.29, 1.82) is 0 Å². The monoisotopic (exact) mass is 291 g/mol. The van der Waals surface area contributed by atoms with Crippen LogP contribution in [0.2, 0.25) is 0 Å². The van der Waals surface area contributed by atoms with E-state index in [1.165, 1.54) is 0 Å². The molecule has 1 spiro atoms. The van der Waals surface area contributed by atoms with E-state index in [4.69, 9.17) is 9.47 Å². The number of aryl methyl sites for hydroxylation is 2. The van der Waals surface area contributed by atoms with Gasteiger partial charge in [0.25, 0.3) is 5.91 Å². The standard InChI is InChI=1S/C15H21N3O3/c1-10-9-13(11(2)18-17-10)14(19)16-12-3-5-15(6-4-12)20-7-8-21-15/h9,12H,3-8H2,1-2H3,(H,16,19). The van der Waals surface area contributed by atoms with Crippen LogP contribution >= 0.6 is 0 Å². The lowest BCUT2D eigenvalue weighted by molar-refractivity contribution is -0.179. The molecule has 1 aliphatic heterocycles. The Labute approximate surface area is 124 Å². The average Bonchev–Trinajstić information content (AvgIpc) is 2.93. The molecule has 3 rings (SSSR count). The molecule has 0 bridgehead atoms. The molecule has 1 amide bonds. The molecular weight excluding hydrogens is 270 g/mol. The van der Waals surface area contributed by atoms with Gasteiger partial charge in [-0.25, -0.2) is 0 Å². The molecule has 1 aromatic heterocycles. The number of carbonyl (C=O) groups excluding carboxylic acids is 1. The van der Waals surface area contributed by atoms with E-state index in [-0.39, 0.29) is 17.7 Å². The van der Waals surface area contributed by atoms with Gasteiger partial charge in [0.15, 0.2) is 5.79 Å². The first-order valence-corrected chi connectivity index (χ1v) is 7.48. The zero-order valence-electron chi connectivity index (χ0n) is 12.5. The number of amides is 1. The van der Waals surface area contributed by atoms with Crippen LogP contribution in [0.1, 0.15) is 47.4 Å². The van der Waals surface area contributed by atoms with Crippen LogP contribution in [-0.4, -0.2) is 41.1 Å². The minimum atomic E-state index is -0.383. The van der Waals surface area contributed by atoms with Crippen LogP contribution in [0.3, 0.4) is 0 Å². The maximum absolute atomic E-state index is 12.4. The molecule has 6 heteroatoms. The molecule has 1 N–H and O–H groups in total. The summed E-state index contributed by atoms with van der Waals surface area (Å²) in [6.07, 6.45) is 3.43. The van der Waals surface area contributed by atoms with Gasteiger partial charge >= 0.3 is 0 Å². The molecule has 6 nitrogen and oxygen atoms in total. The third-order valence-corrected chi connectivity index (χ3v) is 4.24. The highest BCUT2D eigenvalue weighted by atomic mass is 16.7. The Bertz CT molecular complexity index is 531. The minimum Gasteiger partial charge on any atom is -0.349 e. The van der Waals surface area contributed by atoms with E-state index in [2.05, 4.69) is 15.5 Å². The molecule has 1 saturated heterocycles. The van der Waals surface area contributed by atoms with Gasteiger partial charge in [0.2, 0.25) is 0 Å². The summed E-state index contributed by atoms with van der Waals surface area (Å²) < 4.78 is 11.4. The van der Waals surface area contributed by atoms with Crippen molar-refractivity contribution in [3.05, 3.63) is 23.0 Å². The number of hydrogen-bond donors (Lipinski definition) is 1. The van der Waals surface area contributed by atoms with Crippen LogP contribution in [0.5, 0.6) is 0 Å². The Kier molecular flexibility index (Phi) is 3.91. The van der Waals surface area contributed by atoms with Gasteiger partial charge in [-0.1, -0.05) is 0 Å². The van der Waals surface area contributed by atoms with Gasteiger partial charge in [-0.15, -0.1) is 0 Å². The molecule has 0 radical (unpaired) electrons. The fraction of sp³-hybridized carbons (Fsp3) is 0.667. The molecule has 2 heterocycles.